The molecule has 1 aromatic heterocycles. The van der Waals surface area contributed by atoms with E-state index in [2.05, 4.69) is 4.98 Å². The maximum Gasteiger partial charge on any atom is 0.357 e. The molecule has 0 saturated heterocycles. The summed E-state index contributed by atoms with van der Waals surface area (Å²) in [5, 5.41) is 2.45. The molecule has 132 valence electrons. The normalized spacial score (nSPS) is 14.9. The summed E-state index contributed by atoms with van der Waals surface area (Å²) in [5.41, 5.74) is 0.996. The van der Waals surface area contributed by atoms with Gasteiger partial charge in [0.15, 0.2) is 5.69 Å². The summed E-state index contributed by atoms with van der Waals surface area (Å²) >= 11 is 1.39. The van der Waals surface area contributed by atoms with Crippen molar-refractivity contribution in [2.45, 2.75) is 44.7 Å². The van der Waals surface area contributed by atoms with Crippen LogP contribution in [0.1, 0.15) is 58.0 Å². The molecule has 0 spiro atoms. The lowest BCUT2D eigenvalue weighted by Crippen LogP contribution is -2.41. The SMILES string of the molecule is COC(=O)c1csc(CN(C(=O)c2ccccc2)C2CCCCC2)n1. The van der Waals surface area contributed by atoms with Crippen molar-refractivity contribution in [2.75, 3.05) is 7.11 Å². The zero-order valence-electron chi connectivity index (χ0n) is 14.3. The predicted molar refractivity (Wildman–Crippen MR) is 96.6 cm³/mol. The van der Waals surface area contributed by atoms with Crippen LogP contribution in [-0.4, -0.2) is 34.9 Å². The minimum absolute atomic E-state index is 0.0299. The Morgan fingerprint density at radius 2 is 1.92 bits per heavy atom. The summed E-state index contributed by atoms with van der Waals surface area (Å²) in [6.07, 6.45) is 5.57. The van der Waals surface area contributed by atoms with Gasteiger partial charge in [0.1, 0.15) is 5.01 Å². The van der Waals surface area contributed by atoms with Crippen LogP contribution in [0.3, 0.4) is 0 Å². The molecule has 1 aliphatic rings. The highest BCUT2D eigenvalue weighted by Gasteiger charge is 2.27. The van der Waals surface area contributed by atoms with Gasteiger partial charge in [0.25, 0.3) is 5.91 Å². The van der Waals surface area contributed by atoms with Crippen LogP contribution in [-0.2, 0) is 11.3 Å². The van der Waals surface area contributed by atoms with E-state index in [-0.39, 0.29) is 11.9 Å². The lowest BCUT2D eigenvalue weighted by molar-refractivity contribution is 0.0594. The molecular weight excluding hydrogens is 336 g/mol. The first-order valence-corrected chi connectivity index (χ1v) is 9.45. The van der Waals surface area contributed by atoms with Gasteiger partial charge in [0.05, 0.1) is 13.7 Å². The van der Waals surface area contributed by atoms with Gasteiger partial charge in [-0.15, -0.1) is 11.3 Å². The zero-order valence-corrected chi connectivity index (χ0v) is 15.1. The predicted octanol–water partition coefficient (Wildman–Crippen LogP) is 3.90. The summed E-state index contributed by atoms with van der Waals surface area (Å²) in [6, 6.07) is 9.59. The number of esters is 1. The Bertz CT molecular complexity index is 723. The average molecular weight is 358 g/mol. The molecule has 0 N–H and O–H groups in total. The molecule has 0 atom stereocenters. The van der Waals surface area contributed by atoms with Crippen molar-refractivity contribution in [3.05, 3.63) is 52.0 Å². The number of amides is 1. The topological polar surface area (TPSA) is 59.5 Å². The molecule has 1 amide bonds. The van der Waals surface area contributed by atoms with Crippen LogP contribution in [0, 0.1) is 0 Å². The van der Waals surface area contributed by atoms with Crippen LogP contribution in [0.2, 0.25) is 0 Å². The molecule has 1 saturated carbocycles. The van der Waals surface area contributed by atoms with Crippen molar-refractivity contribution in [1.82, 2.24) is 9.88 Å². The maximum atomic E-state index is 13.1. The highest BCUT2D eigenvalue weighted by atomic mass is 32.1. The van der Waals surface area contributed by atoms with Gasteiger partial charge in [-0.05, 0) is 25.0 Å². The molecule has 3 rings (SSSR count). The second kappa shape index (κ2) is 8.25. The lowest BCUT2D eigenvalue weighted by atomic mass is 9.93. The van der Waals surface area contributed by atoms with Gasteiger partial charge in [-0.2, -0.15) is 0 Å². The van der Waals surface area contributed by atoms with Crippen LogP contribution in [0.5, 0.6) is 0 Å². The number of nitrogens with zero attached hydrogens (tertiary/aromatic N) is 2. The number of hydrogen-bond acceptors (Lipinski definition) is 5. The number of rotatable bonds is 5. The van der Waals surface area contributed by atoms with Gasteiger partial charge in [-0.25, -0.2) is 9.78 Å². The molecular formula is C19H22N2O3S. The Kier molecular flexibility index (Phi) is 5.81. The summed E-state index contributed by atoms with van der Waals surface area (Å²) in [5.74, 6) is -0.413. The second-order valence-electron chi connectivity index (χ2n) is 6.21. The van der Waals surface area contributed by atoms with Crippen LogP contribution < -0.4 is 0 Å². The van der Waals surface area contributed by atoms with Crippen molar-refractivity contribution in [2.24, 2.45) is 0 Å². The first-order valence-electron chi connectivity index (χ1n) is 8.58. The number of ether oxygens (including phenoxy) is 1. The average Bonchev–Trinajstić information content (AvgIpc) is 3.15. The Labute approximate surface area is 151 Å². The second-order valence-corrected chi connectivity index (χ2v) is 7.15. The minimum Gasteiger partial charge on any atom is -0.464 e. The van der Waals surface area contributed by atoms with Crippen LogP contribution >= 0.6 is 11.3 Å². The van der Waals surface area contributed by atoms with Gasteiger partial charge in [-0.3, -0.25) is 4.79 Å². The van der Waals surface area contributed by atoms with Crippen LogP contribution in [0.25, 0.3) is 0 Å². The van der Waals surface area contributed by atoms with E-state index in [1.165, 1.54) is 24.9 Å². The summed E-state index contributed by atoms with van der Waals surface area (Å²) in [4.78, 5) is 30.9. The highest BCUT2D eigenvalue weighted by molar-refractivity contribution is 7.09. The molecule has 5 nitrogen and oxygen atoms in total. The first kappa shape index (κ1) is 17.6. The Hall–Kier alpha value is -2.21. The Morgan fingerprint density at radius 3 is 2.60 bits per heavy atom. The minimum atomic E-state index is -0.443. The van der Waals surface area contributed by atoms with E-state index in [0.717, 1.165) is 30.7 Å². The number of carbonyl (C=O) groups excluding carboxylic acids is 2. The monoisotopic (exact) mass is 358 g/mol. The molecule has 25 heavy (non-hydrogen) atoms. The third-order valence-electron chi connectivity index (χ3n) is 4.55. The van der Waals surface area contributed by atoms with E-state index in [1.54, 1.807) is 5.38 Å². The fourth-order valence-electron chi connectivity index (χ4n) is 3.23. The number of thiazole rings is 1. The van der Waals surface area contributed by atoms with Crippen LogP contribution in [0.4, 0.5) is 0 Å². The fraction of sp³-hybridized carbons (Fsp3) is 0.421. The Morgan fingerprint density at radius 1 is 1.20 bits per heavy atom. The molecule has 6 heteroatoms. The largest absolute Gasteiger partial charge is 0.464 e. The molecule has 0 bridgehead atoms. The van der Waals surface area contributed by atoms with Gasteiger partial charge >= 0.3 is 5.97 Å². The summed E-state index contributed by atoms with van der Waals surface area (Å²) < 4.78 is 4.71. The number of aromatic nitrogens is 1. The molecule has 1 fully saturated rings. The smallest absolute Gasteiger partial charge is 0.357 e. The molecule has 0 radical (unpaired) electrons. The molecule has 1 heterocycles. The number of benzene rings is 1. The number of hydrogen-bond donors (Lipinski definition) is 0. The molecule has 0 aliphatic heterocycles. The molecule has 0 unspecified atom stereocenters. The van der Waals surface area contributed by atoms with Gasteiger partial charge < -0.3 is 9.64 Å². The molecule has 1 aliphatic carbocycles. The van der Waals surface area contributed by atoms with Gasteiger partial charge in [0.2, 0.25) is 0 Å². The summed E-state index contributed by atoms with van der Waals surface area (Å²) in [6.45, 7) is 0.431. The fourth-order valence-corrected chi connectivity index (χ4v) is 3.99. The summed E-state index contributed by atoms with van der Waals surface area (Å²) in [7, 11) is 1.34. The third kappa shape index (κ3) is 4.25. The van der Waals surface area contributed by atoms with E-state index < -0.39 is 5.97 Å². The molecule has 2 aromatic rings. The lowest BCUT2D eigenvalue weighted by Gasteiger charge is -2.34. The standard InChI is InChI=1S/C19H22N2O3S/c1-24-19(23)16-13-25-17(20-16)12-21(15-10-6-3-7-11-15)18(22)14-8-4-2-5-9-14/h2,4-5,8-9,13,15H,3,6-7,10-12H2,1H3. The van der Waals surface area contributed by atoms with Crippen LogP contribution in [0.15, 0.2) is 35.7 Å². The van der Waals surface area contributed by atoms with Gasteiger partial charge in [0, 0.05) is 17.0 Å². The first-order chi connectivity index (χ1) is 12.2. The van der Waals surface area contributed by atoms with E-state index in [9.17, 15) is 9.59 Å². The van der Waals surface area contributed by atoms with Crippen molar-refractivity contribution < 1.29 is 14.3 Å². The van der Waals surface area contributed by atoms with Crippen molar-refractivity contribution in [1.29, 1.82) is 0 Å². The van der Waals surface area contributed by atoms with E-state index in [0.29, 0.717) is 17.8 Å². The van der Waals surface area contributed by atoms with Crippen molar-refractivity contribution in [3.63, 3.8) is 0 Å². The third-order valence-corrected chi connectivity index (χ3v) is 5.38. The van der Waals surface area contributed by atoms with E-state index in [4.69, 9.17) is 4.74 Å². The highest BCUT2D eigenvalue weighted by Crippen LogP contribution is 2.26. The van der Waals surface area contributed by atoms with Crippen molar-refractivity contribution >= 4 is 23.2 Å². The van der Waals surface area contributed by atoms with E-state index in [1.807, 2.05) is 35.2 Å². The quantitative estimate of drug-likeness (QED) is 0.761. The van der Waals surface area contributed by atoms with E-state index >= 15 is 0 Å². The number of methoxy groups -OCH3 is 1. The van der Waals surface area contributed by atoms with Gasteiger partial charge in [-0.1, -0.05) is 37.5 Å². The zero-order chi connectivity index (χ0) is 17.6. The van der Waals surface area contributed by atoms with Crippen molar-refractivity contribution in [3.8, 4) is 0 Å². The maximum absolute atomic E-state index is 13.1. The Balaban J connectivity index is 1.82. The molecule has 1 aromatic carbocycles. The number of carbonyl (C=O) groups is 2.